The molecule has 0 bridgehead atoms. The van der Waals surface area contributed by atoms with Crippen LogP contribution in [0.15, 0.2) is 62.5 Å². The minimum Gasteiger partial charge on any atom is 1.00 e. The molecule has 3 aromatic rings. The van der Waals surface area contributed by atoms with Crippen molar-refractivity contribution in [1.82, 2.24) is 0 Å². The molecule has 0 aromatic heterocycles. The first-order valence-corrected chi connectivity index (χ1v) is 14.4. The summed E-state index contributed by atoms with van der Waals surface area (Å²) in [6.07, 6.45) is 0. The number of azo groups is 1. The Bertz CT molecular complexity index is 1560. The van der Waals surface area contributed by atoms with E-state index in [0.717, 1.165) is 18.2 Å². The smallest absolute Gasteiger partial charge is 1.00 e. The van der Waals surface area contributed by atoms with Crippen molar-refractivity contribution >= 4 is 60.9 Å². The molecule has 19 heteroatoms. The zero-order chi connectivity index (χ0) is 24.1. The van der Waals surface area contributed by atoms with Crippen LogP contribution in [0, 0.1) is 0 Å². The van der Waals surface area contributed by atoms with E-state index in [-0.39, 0.29) is 94.4 Å². The van der Waals surface area contributed by atoms with Crippen LogP contribution in [-0.2, 0) is 24.0 Å². The van der Waals surface area contributed by atoms with Gasteiger partial charge >= 0.3 is 272 Å². The zero-order valence-electron chi connectivity index (χ0n) is 18.4. The van der Waals surface area contributed by atoms with Crippen molar-refractivity contribution in [3.63, 3.8) is 0 Å². The molecule has 0 aliphatic rings. The summed E-state index contributed by atoms with van der Waals surface area (Å²) < 4.78 is 95.2. The van der Waals surface area contributed by atoms with Gasteiger partial charge < -0.3 is 0 Å². The topological polar surface area (TPSA) is 231 Å². The van der Waals surface area contributed by atoms with Crippen LogP contribution in [0.5, 0.6) is 11.5 Å². The largest absolute Gasteiger partial charge is 1.00 e. The number of hydrogen-bond acceptors (Lipinski definition) is 9. The van der Waals surface area contributed by atoms with E-state index in [0.29, 0.717) is 12.1 Å². The normalized spacial score (nSPS) is 12.0. The third-order valence-electron chi connectivity index (χ3n) is 4.13. The molecule has 0 aliphatic heterocycles. The molecule has 13 nitrogen and oxygen atoms in total. The maximum absolute atomic E-state index is 11.8. The molecule has 35 heavy (non-hydrogen) atoms. The molecule has 0 atom stereocenters. The minimum absolute atomic E-state index is 0. The molecule has 0 saturated carbocycles. The summed E-state index contributed by atoms with van der Waals surface area (Å²) in [6, 6.07) is 6.86. The second kappa shape index (κ2) is 12.8. The van der Waals surface area contributed by atoms with Gasteiger partial charge in [0.15, 0.2) is 0 Å². The number of rotatable bonds is 5. The number of phenolic OH excluding ortho intramolecular Hbond substituents is 2. The average Bonchev–Trinajstić information content (AvgIpc) is 2.64. The van der Waals surface area contributed by atoms with E-state index in [4.69, 9.17) is 4.55 Å². The molecule has 0 heterocycles. The number of fused-ring (bicyclic) bond motifs is 1. The van der Waals surface area contributed by atoms with Gasteiger partial charge in [0.1, 0.15) is 0 Å². The fourth-order valence-corrected chi connectivity index (χ4v) is 5.44. The van der Waals surface area contributed by atoms with Gasteiger partial charge in [0.05, 0.1) is 0 Å². The molecule has 0 unspecified atom stereocenters. The van der Waals surface area contributed by atoms with Gasteiger partial charge in [0, 0.05) is 0 Å². The molecule has 170 valence electrons. The number of phenols is 2. The van der Waals surface area contributed by atoms with Crippen molar-refractivity contribution in [2.75, 3.05) is 0 Å². The average molecular weight is 617 g/mol. The molecular formula is C16H13AsN2Na3O11S2+3. The van der Waals surface area contributed by atoms with Crippen LogP contribution >= 0.6 is 0 Å². The predicted molar refractivity (Wildman–Crippen MR) is 108 cm³/mol. The Kier molecular flexibility index (Phi) is 12.9. The van der Waals surface area contributed by atoms with E-state index < -0.39 is 76.5 Å². The van der Waals surface area contributed by atoms with Gasteiger partial charge in [-0.3, -0.25) is 0 Å². The van der Waals surface area contributed by atoms with E-state index >= 15 is 0 Å². The summed E-state index contributed by atoms with van der Waals surface area (Å²) in [5.41, 5.74) is -1.26. The molecule has 3 rings (SSSR count). The standard InChI is InChI=1S/C16H13AsN2O11S2.3Na/c20-12-7-9(31(25,26)27)5-8-6-13(32(28,29)30)15(16(21)14(8)12)19-18-11-4-2-1-3-10(11)17(22,23)24;;;/h1-7,20-21H,(H2,22,23,24)(H,25,26,27)(H,28,29,30);;;/q;3*+1. The van der Waals surface area contributed by atoms with Crippen molar-refractivity contribution in [2.45, 2.75) is 9.79 Å². The van der Waals surface area contributed by atoms with Crippen molar-refractivity contribution in [3.8, 4) is 11.5 Å². The summed E-state index contributed by atoms with van der Waals surface area (Å²) >= 11 is -5.47. The van der Waals surface area contributed by atoms with E-state index in [2.05, 4.69) is 10.2 Å². The van der Waals surface area contributed by atoms with Crippen LogP contribution in [0.2, 0.25) is 0 Å². The molecule has 0 aliphatic carbocycles. The molecule has 0 fully saturated rings. The molecule has 0 spiro atoms. The SMILES string of the molecule is O=S(=O)(O)c1cc(O)c2c(O)c(N=Nc3ccccc3[As](=O)(O)O)c(S(=O)(=O)O)cc2c1.[Na+].[Na+].[Na+]. The second-order valence-corrected chi connectivity index (χ2v) is 12.4. The monoisotopic (exact) mass is 617 g/mol. The van der Waals surface area contributed by atoms with Gasteiger partial charge in [-0.05, 0) is 0 Å². The van der Waals surface area contributed by atoms with Crippen LogP contribution in [0.1, 0.15) is 0 Å². The number of hydrogen-bond donors (Lipinski definition) is 6. The zero-order valence-corrected chi connectivity index (χ0v) is 27.9. The number of aromatic hydroxyl groups is 2. The summed E-state index contributed by atoms with van der Waals surface area (Å²) in [6.45, 7) is 0. The third-order valence-corrected chi connectivity index (χ3v) is 7.94. The number of nitrogens with zero attached hydrogens (tertiary/aromatic N) is 2. The first-order valence-electron chi connectivity index (χ1n) is 8.15. The Morgan fingerprint density at radius 1 is 0.800 bits per heavy atom. The molecule has 6 N–H and O–H groups in total. The van der Waals surface area contributed by atoms with Gasteiger partial charge in [-0.15, -0.1) is 0 Å². The van der Waals surface area contributed by atoms with Crippen LogP contribution in [-0.4, -0.2) is 58.5 Å². The van der Waals surface area contributed by atoms with Gasteiger partial charge in [-0.25, -0.2) is 0 Å². The summed E-state index contributed by atoms with van der Waals surface area (Å²) in [7, 11) is -9.93. The van der Waals surface area contributed by atoms with Crippen molar-refractivity contribution in [1.29, 1.82) is 0 Å². The van der Waals surface area contributed by atoms with Crippen LogP contribution < -0.4 is 93.0 Å². The Morgan fingerprint density at radius 2 is 1.37 bits per heavy atom. The van der Waals surface area contributed by atoms with Crippen molar-refractivity contribution in [2.24, 2.45) is 10.2 Å². The molecule has 0 amide bonds. The third kappa shape index (κ3) is 8.10. The van der Waals surface area contributed by atoms with E-state index in [9.17, 15) is 43.5 Å². The first kappa shape index (κ1) is 35.2. The Balaban J connectivity index is 0.00000385. The van der Waals surface area contributed by atoms with Crippen LogP contribution in [0.3, 0.4) is 0 Å². The van der Waals surface area contributed by atoms with E-state index in [1.807, 2.05) is 0 Å². The van der Waals surface area contributed by atoms with E-state index in [1.54, 1.807) is 0 Å². The first-order chi connectivity index (χ1) is 14.6. The van der Waals surface area contributed by atoms with Crippen LogP contribution in [0.25, 0.3) is 10.8 Å². The minimum atomic E-state index is -5.47. The fraction of sp³-hybridized carbons (Fsp3) is 0. The quantitative estimate of drug-likeness (QED) is 0.0894. The van der Waals surface area contributed by atoms with Crippen molar-refractivity contribution < 1.29 is 137 Å². The van der Waals surface area contributed by atoms with Crippen molar-refractivity contribution in [3.05, 3.63) is 42.5 Å². The molecule has 0 saturated heterocycles. The Labute approximate surface area is 268 Å². The summed E-state index contributed by atoms with van der Waals surface area (Å²) in [5.74, 6) is -1.93. The Hall–Kier alpha value is 0.218. The molecular weight excluding hydrogens is 604 g/mol. The maximum Gasteiger partial charge on any atom is 1.00 e. The Morgan fingerprint density at radius 3 is 1.89 bits per heavy atom. The number of benzene rings is 3. The second-order valence-electron chi connectivity index (χ2n) is 6.30. The fourth-order valence-electron chi connectivity index (χ4n) is 2.78. The van der Waals surface area contributed by atoms with Gasteiger partial charge in [0.25, 0.3) is 0 Å². The summed E-state index contributed by atoms with van der Waals surface area (Å²) in [4.78, 5) is -1.88. The predicted octanol–water partition coefficient (Wildman–Crippen LogP) is -8.27. The van der Waals surface area contributed by atoms with Gasteiger partial charge in [-0.1, -0.05) is 0 Å². The maximum atomic E-state index is 11.8. The van der Waals surface area contributed by atoms with Crippen LogP contribution in [0.4, 0.5) is 11.4 Å². The molecule has 3 aromatic carbocycles. The van der Waals surface area contributed by atoms with Gasteiger partial charge in [-0.2, -0.15) is 0 Å². The van der Waals surface area contributed by atoms with Gasteiger partial charge in [0.2, 0.25) is 0 Å². The van der Waals surface area contributed by atoms with E-state index in [1.165, 1.54) is 12.1 Å². The summed E-state index contributed by atoms with van der Waals surface area (Å²) in [5, 5.41) is 26.8. The molecule has 0 radical (unpaired) electrons.